The average molecular weight is 1630 g/mol. The molecule has 9 N–H and O–H groups in total. The van der Waals surface area contributed by atoms with Crippen molar-refractivity contribution in [3.63, 3.8) is 0 Å². The Bertz CT molecular complexity index is 5040. The molecule has 0 aromatic heterocycles. The number of aryl methyl sites for hydroxylation is 1. The largest absolute Gasteiger partial charge is 0.508 e. The van der Waals surface area contributed by atoms with Gasteiger partial charge in [-0.2, -0.15) is 0 Å². The summed E-state index contributed by atoms with van der Waals surface area (Å²) in [5, 5.41) is 80.0. The van der Waals surface area contributed by atoms with E-state index < -0.39 is 0 Å². The molecule has 0 bridgehead atoms. The molecule has 28 heteroatoms. The van der Waals surface area contributed by atoms with Gasteiger partial charge >= 0.3 is 0 Å². The summed E-state index contributed by atoms with van der Waals surface area (Å²) in [6.07, 6.45) is 8.61. The maximum Gasteiger partial charge on any atom is 0.231 e. The molecule has 0 radical (unpaired) electrons. The number of phenols is 9. The molecule has 1 heterocycles. The molecule has 0 aliphatic carbocycles. The van der Waals surface area contributed by atoms with E-state index in [1.54, 1.807) is 129 Å². The number of aromatic hydroxyl groups is 9. The molecule has 12 aromatic carbocycles. The number of ether oxygens (including phenoxy) is 7. The molecule has 0 atom stereocenters. The molecule has 1 aliphatic rings. The summed E-state index contributed by atoms with van der Waals surface area (Å²) >= 11 is 0. The standard InChI is InChI=1S/C8H6O3.3C8H8O3.2C8H8O2.C8H8O.2C7H6O3.2C7H6O2.C7H6O/c9-4-6-1-2-7-8(3-6)11-5-10-7;1-11-8-4-7(10)3-2-6(8)5-9;1-11-8-3-2-6(5-9)4-7(8)10;1-11-8-4-6(5-9)2-3-7(8)10;1-10-8-4-2-7(6-9)3-5-8;1-10-8-4-2-3-7(5-8)6-9;1-7-2-4-8(6-9)5-3-7;8-4-5-1-6(9)3-7(10)2-5;8-4-5-1-2-6(9)3-7(5)10;8-5-6-1-3-7(9)4-2-6;8-5-6-2-1-3-7(9)4-6;8-6-7-4-2-1-3-5-7/h1-4H,5H2;3*2-5,10H,1H3;2*2-6H,1H3;2-6H,1H3;2*1-4,9-10H;2*1-5,9H;1-6H. The van der Waals surface area contributed by atoms with E-state index >= 15 is 0 Å². The van der Waals surface area contributed by atoms with E-state index in [2.05, 4.69) is 0 Å². The van der Waals surface area contributed by atoms with Crippen LogP contribution in [-0.2, 0) is 0 Å². The van der Waals surface area contributed by atoms with Crippen LogP contribution in [0.5, 0.6) is 92.0 Å². The van der Waals surface area contributed by atoms with Crippen LogP contribution in [0.4, 0.5) is 0 Å². The van der Waals surface area contributed by atoms with E-state index in [1.807, 2.05) is 49.4 Å². The maximum atomic E-state index is 10.3. The van der Waals surface area contributed by atoms with Crippen LogP contribution in [0.1, 0.15) is 130 Å². The third kappa shape index (κ3) is 40.0. The molecule has 0 fully saturated rings. The van der Waals surface area contributed by atoms with Crippen LogP contribution >= 0.6 is 0 Å². The van der Waals surface area contributed by atoms with Gasteiger partial charge in [0.15, 0.2) is 47.1 Å². The quantitative estimate of drug-likeness (QED) is 0.0382. The minimum absolute atomic E-state index is 0.0166. The van der Waals surface area contributed by atoms with Gasteiger partial charge in [-0.1, -0.05) is 84.4 Å². The predicted octanol–water partition coefficient (Wildman–Crippen LogP) is 15.4. The molecular weight excluding hydrogens is 1540 g/mol. The van der Waals surface area contributed by atoms with Crippen molar-refractivity contribution in [2.75, 3.05) is 42.3 Å². The summed E-state index contributed by atoms with van der Waals surface area (Å²) in [5.41, 5.74) is 7.43. The van der Waals surface area contributed by atoms with Crippen molar-refractivity contribution in [2.24, 2.45) is 0 Å². The van der Waals surface area contributed by atoms with Gasteiger partial charge in [0.25, 0.3) is 0 Å². The minimum Gasteiger partial charge on any atom is -0.508 e. The Morgan fingerprint density at radius 2 is 0.630 bits per heavy atom. The van der Waals surface area contributed by atoms with Gasteiger partial charge in [0.05, 0.1) is 46.7 Å². The fourth-order valence-corrected chi connectivity index (χ4v) is 8.37. The Morgan fingerprint density at radius 3 is 1.10 bits per heavy atom. The van der Waals surface area contributed by atoms with Gasteiger partial charge in [-0.05, 0) is 171 Å². The van der Waals surface area contributed by atoms with E-state index in [0.717, 1.165) is 66.7 Å². The van der Waals surface area contributed by atoms with Crippen LogP contribution < -0.4 is 33.2 Å². The zero-order chi connectivity index (χ0) is 88.3. The van der Waals surface area contributed by atoms with Gasteiger partial charge in [0, 0.05) is 73.8 Å². The number of hydrogen-bond donors (Lipinski definition) is 9. The number of aldehydes is 12. The highest BCUT2D eigenvalue weighted by Crippen LogP contribution is 2.32. The minimum atomic E-state index is -0.199. The first kappa shape index (κ1) is 98.6. The second-order valence-corrected chi connectivity index (χ2v) is 22.9. The van der Waals surface area contributed by atoms with Crippen molar-refractivity contribution >= 4 is 75.4 Å². The van der Waals surface area contributed by atoms with Gasteiger partial charge in [0.2, 0.25) is 6.79 Å². The fraction of sp³-hybridized carbons (Fsp3) is 0.0769. The van der Waals surface area contributed by atoms with Crippen molar-refractivity contribution in [1.29, 1.82) is 0 Å². The van der Waals surface area contributed by atoms with Crippen molar-refractivity contribution < 1.29 is 137 Å². The number of fused-ring (bicyclic) bond motifs is 1. The molecule has 119 heavy (non-hydrogen) atoms. The number of carbonyl (C=O) groups is 12. The van der Waals surface area contributed by atoms with Gasteiger partial charge in [-0.25, -0.2) is 0 Å². The number of carbonyl (C=O) groups excluding carboxylic acids is 12. The fourth-order valence-electron chi connectivity index (χ4n) is 8.37. The lowest BCUT2D eigenvalue weighted by molar-refractivity contribution is 0.111. The summed E-state index contributed by atoms with van der Waals surface area (Å²) in [4.78, 5) is 122. The Balaban J connectivity index is 0.000000440. The third-order valence-electron chi connectivity index (χ3n) is 14.4. The van der Waals surface area contributed by atoms with Gasteiger partial charge in [-0.15, -0.1) is 0 Å². The summed E-state index contributed by atoms with van der Waals surface area (Å²) < 4.78 is 34.3. The first-order chi connectivity index (χ1) is 57.3. The van der Waals surface area contributed by atoms with Crippen molar-refractivity contribution in [1.82, 2.24) is 0 Å². The molecule has 0 amide bonds. The summed E-state index contributed by atoms with van der Waals surface area (Å²) in [7, 11) is 7.50. The summed E-state index contributed by atoms with van der Waals surface area (Å²) in [6.45, 7) is 2.24. The Hall–Kier alpha value is -16.5. The molecule has 0 unspecified atom stereocenters. The van der Waals surface area contributed by atoms with Crippen LogP contribution in [0.2, 0.25) is 0 Å². The highest BCUT2D eigenvalue weighted by Gasteiger charge is 2.13. The Labute approximate surface area is 683 Å². The number of hydrogen-bond acceptors (Lipinski definition) is 28. The number of phenolic OH excluding ortho intramolecular Hbond substituents is 9. The molecular formula is C91H84O28. The zero-order valence-electron chi connectivity index (χ0n) is 64.7. The number of rotatable bonds is 17. The van der Waals surface area contributed by atoms with E-state index in [4.69, 9.17) is 79.1 Å². The molecule has 0 saturated carbocycles. The number of methoxy groups -OCH3 is 5. The lowest BCUT2D eigenvalue weighted by atomic mass is 10.2. The van der Waals surface area contributed by atoms with Crippen LogP contribution in [0.25, 0.3) is 0 Å². The molecule has 0 spiro atoms. The summed E-state index contributed by atoms with van der Waals surface area (Å²) in [6, 6.07) is 68.5. The van der Waals surface area contributed by atoms with Gasteiger partial charge < -0.3 is 79.1 Å². The average Bonchev–Trinajstić information content (AvgIpc) is 1.71. The molecule has 1 aliphatic heterocycles. The van der Waals surface area contributed by atoms with Gasteiger partial charge in [0.1, 0.15) is 120 Å². The second-order valence-electron chi connectivity index (χ2n) is 22.9. The Kier molecular flexibility index (Phi) is 47.6. The highest BCUT2D eigenvalue weighted by atomic mass is 16.7. The second kappa shape index (κ2) is 57.5. The topological polar surface area (TPSA) is 452 Å². The first-order valence-electron chi connectivity index (χ1n) is 34.3. The van der Waals surface area contributed by atoms with E-state index in [-0.39, 0.29) is 69.7 Å². The van der Waals surface area contributed by atoms with Crippen molar-refractivity contribution in [3.8, 4) is 92.0 Å². The molecule has 12 aromatic rings. The highest BCUT2D eigenvalue weighted by molar-refractivity contribution is 5.82. The smallest absolute Gasteiger partial charge is 0.231 e. The van der Waals surface area contributed by atoms with E-state index in [0.29, 0.717) is 117 Å². The zero-order valence-corrected chi connectivity index (χ0v) is 64.7. The van der Waals surface area contributed by atoms with Crippen LogP contribution in [0.3, 0.4) is 0 Å². The normalized spacial score (nSPS) is 9.39. The van der Waals surface area contributed by atoms with Gasteiger partial charge in [-0.3, -0.25) is 57.5 Å². The monoisotopic (exact) mass is 1620 g/mol. The van der Waals surface area contributed by atoms with Crippen molar-refractivity contribution in [2.45, 2.75) is 6.92 Å². The maximum absolute atomic E-state index is 10.3. The molecule has 13 rings (SSSR count). The number of benzene rings is 12. The van der Waals surface area contributed by atoms with Crippen molar-refractivity contribution in [3.05, 3.63) is 333 Å². The molecule has 0 saturated heterocycles. The molecule has 616 valence electrons. The first-order valence-corrected chi connectivity index (χ1v) is 34.3. The lowest BCUT2D eigenvalue weighted by Crippen LogP contribution is -1.92. The van der Waals surface area contributed by atoms with E-state index in [1.165, 1.54) is 118 Å². The van der Waals surface area contributed by atoms with Crippen LogP contribution in [0.15, 0.2) is 261 Å². The van der Waals surface area contributed by atoms with Crippen LogP contribution in [0, 0.1) is 6.92 Å². The lowest BCUT2D eigenvalue weighted by Gasteiger charge is -2.02. The molecule has 28 nitrogen and oxygen atoms in total. The predicted molar refractivity (Wildman–Crippen MR) is 441 cm³/mol. The SMILES string of the molecule is COc1cc(C=O)ccc1O.COc1cc(O)ccc1C=O.COc1ccc(C=O)cc1.COc1ccc(C=O)cc1O.COc1cccc(C=O)c1.Cc1ccc(C=O)cc1.O=Cc1cc(O)cc(O)c1.O=Cc1ccc(O)cc1.O=Cc1ccc(O)cc1O.O=Cc1ccc2c(c1)OCO2.O=Cc1cccc(O)c1.O=Cc1ccccc1. The van der Waals surface area contributed by atoms with Crippen LogP contribution in [-0.4, -0.2) is 164 Å². The van der Waals surface area contributed by atoms with E-state index in [9.17, 15) is 57.5 Å². The third-order valence-corrected chi connectivity index (χ3v) is 14.4. The Morgan fingerprint density at radius 1 is 0.235 bits per heavy atom. The summed E-state index contributed by atoms with van der Waals surface area (Å²) in [5.74, 6) is 3.86.